The predicted octanol–water partition coefficient (Wildman–Crippen LogP) is 14.9. The van der Waals surface area contributed by atoms with E-state index in [2.05, 4.69) is 183 Å². The van der Waals surface area contributed by atoms with E-state index >= 15 is 0 Å². The van der Waals surface area contributed by atoms with Crippen LogP contribution in [0, 0.1) is 0 Å². The Morgan fingerprint density at radius 2 is 1.18 bits per heavy atom. The van der Waals surface area contributed by atoms with Gasteiger partial charge in [0.2, 0.25) is 0 Å². The Morgan fingerprint density at radius 3 is 2.00 bits per heavy atom. The van der Waals surface area contributed by atoms with Crippen LogP contribution in [0.2, 0.25) is 0 Å². The van der Waals surface area contributed by atoms with E-state index in [-0.39, 0.29) is 10.8 Å². The summed E-state index contributed by atoms with van der Waals surface area (Å²) in [7, 11) is 0. The van der Waals surface area contributed by atoms with Gasteiger partial charge in [-0.15, -0.1) is 11.3 Å². The van der Waals surface area contributed by atoms with Crippen molar-refractivity contribution < 1.29 is 0 Å². The molecule has 0 spiro atoms. The molecule has 3 heterocycles. The van der Waals surface area contributed by atoms with E-state index < -0.39 is 0 Å². The Labute approximate surface area is 329 Å². The molecule has 0 saturated carbocycles. The lowest BCUT2D eigenvalue weighted by molar-refractivity contribution is 0.591. The highest BCUT2D eigenvalue weighted by molar-refractivity contribution is 8.03. The molecule has 262 valence electrons. The van der Waals surface area contributed by atoms with Gasteiger partial charge in [0.25, 0.3) is 0 Å². The van der Waals surface area contributed by atoms with E-state index in [9.17, 15) is 0 Å². The standard InChI is InChI=1S/C52H37NS2/c1-51(2)42-16-8-7-14-36(42)37-29-39-38-26-31(19-22-45(38)53(46(39)30-44(37)51)34-12-5-4-6-13-34)32-20-23-47-40(27-32)41-28-33(21-24-48(41)54-47)35-15-11-25-52(3)43-17-9-10-18-49(43)55-50(35)52/h4-24,26-30H,25H2,1-3H3. The number of hydrogen-bond acceptors (Lipinski definition) is 2. The number of aromatic nitrogens is 1. The molecule has 0 N–H and O–H groups in total. The summed E-state index contributed by atoms with van der Waals surface area (Å²) < 4.78 is 5.13. The Kier molecular flexibility index (Phi) is 6.47. The highest BCUT2D eigenvalue weighted by Crippen LogP contribution is 2.59. The van der Waals surface area contributed by atoms with Gasteiger partial charge in [0.15, 0.2) is 0 Å². The Bertz CT molecular complexity index is 3190. The van der Waals surface area contributed by atoms with Crippen molar-refractivity contribution in [3.05, 3.63) is 185 Å². The lowest BCUT2D eigenvalue weighted by Gasteiger charge is -2.30. The van der Waals surface area contributed by atoms with E-state index in [0.717, 1.165) is 6.42 Å². The fourth-order valence-electron chi connectivity index (χ4n) is 10.00. The molecule has 12 rings (SSSR count). The molecule has 1 nitrogen and oxygen atoms in total. The summed E-state index contributed by atoms with van der Waals surface area (Å²) in [6.45, 7) is 7.17. The first-order valence-corrected chi connectivity index (χ1v) is 20.9. The second-order valence-electron chi connectivity index (χ2n) is 16.3. The van der Waals surface area contributed by atoms with Crippen molar-refractivity contribution in [2.24, 2.45) is 0 Å². The van der Waals surface area contributed by atoms with Gasteiger partial charge in [0.1, 0.15) is 0 Å². The molecule has 2 aliphatic carbocycles. The lowest BCUT2D eigenvalue weighted by atomic mass is 9.74. The normalized spacial score (nSPS) is 18.0. The molecule has 1 atom stereocenters. The average molecular weight is 740 g/mol. The topological polar surface area (TPSA) is 4.93 Å². The largest absolute Gasteiger partial charge is 0.309 e. The first-order valence-electron chi connectivity index (χ1n) is 19.3. The summed E-state index contributed by atoms with van der Waals surface area (Å²) in [5, 5.41) is 5.26. The van der Waals surface area contributed by atoms with Crippen molar-refractivity contribution >= 4 is 70.6 Å². The summed E-state index contributed by atoms with van der Waals surface area (Å²) in [5.74, 6) is 0. The maximum Gasteiger partial charge on any atom is 0.0544 e. The van der Waals surface area contributed by atoms with Gasteiger partial charge in [0.05, 0.1) is 11.0 Å². The maximum absolute atomic E-state index is 2.47. The number of thiophene rings is 1. The Hall–Kier alpha value is -5.61. The molecule has 9 aromatic rings. The highest BCUT2D eigenvalue weighted by Gasteiger charge is 2.42. The van der Waals surface area contributed by atoms with Crippen LogP contribution in [0.5, 0.6) is 0 Å². The number of benzene rings is 7. The van der Waals surface area contributed by atoms with Crippen LogP contribution >= 0.6 is 23.1 Å². The van der Waals surface area contributed by atoms with Crippen LogP contribution in [-0.4, -0.2) is 4.57 Å². The monoisotopic (exact) mass is 739 g/mol. The molecule has 3 heteroatoms. The van der Waals surface area contributed by atoms with E-state index in [1.54, 1.807) is 0 Å². The van der Waals surface area contributed by atoms with Crippen LogP contribution in [0.15, 0.2) is 168 Å². The summed E-state index contributed by atoms with van der Waals surface area (Å²) in [4.78, 5) is 2.88. The highest BCUT2D eigenvalue weighted by atomic mass is 32.2. The van der Waals surface area contributed by atoms with Gasteiger partial charge in [-0.3, -0.25) is 0 Å². The molecule has 0 fully saturated rings. The molecule has 3 aliphatic rings. The Morgan fingerprint density at radius 1 is 0.527 bits per heavy atom. The van der Waals surface area contributed by atoms with Crippen molar-refractivity contribution in [3.8, 4) is 27.9 Å². The summed E-state index contributed by atoms with van der Waals surface area (Å²) in [6.07, 6.45) is 5.80. The zero-order chi connectivity index (χ0) is 36.6. The van der Waals surface area contributed by atoms with Crippen LogP contribution in [0.25, 0.3) is 75.5 Å². The van der Waals surface area contributed by atoms with Crippen molar-refractivity contribution in [2.75, 3.05) is 0 Å². The third-order valence-corrected chi connectivity index (χ3v) is 15.4. The molecule has 1 aliphatic heterocycles. The molecule has 2 aromatic heterocycles. The lowest BCUT2D eigenvalue weighted by Crippen LogP contribution is -2.22. The van der Waals surface area contributed by atoms with Crippen LogP contribution < -0.4 is 0 Å². The maximum atomic E-state index is 2.47. The van der Waals surface area contributed by atoms with Crippen LogP contribution in [0.4, 0.5) is 0 Å². The minimum Gasteiger partial charge on any atom is -0.309 e. The van der Waals surface area contributed by atoms with Gasteiger partial charge in [0, 0.05) is 57.3 Å². The zero-order valence-electron chi connectivity index (χ0n) is 31.0. The number of hydrogen-bond donors (Lipinski definition) is 0. The van der Waals surface area contributed by atoms with Gasteiger partial charge in [-0.2, -0.15) is 0 Å². The van der Waals surface area contributed by atoms with Gasteiger partial charge < -0.3 is 4.57 Å². The van der Waals surface area contributed by atoms with Gasteiger partial charge in [-0.25, -0.2) is 0 Å². The van der Waals surface area contributed by atoms with Crippen LogP contribution in [0.1, 0.15) is 49.4 Å². The van der Waals surface area contributed by atoms with Crippen molar-refractivity contribution in [3.63, 3.8) is 0 Å². The van der Waals surface area contributed by atoms with E-state index in [4.69, 9.17) is 0 Å². The van der Waals surface area contributed by atoms with Gasteiger partial charge >= 0.3 is 0 Å². The minimum absolute atomic E-state index is 0.0339. The van der Waals surface area contributed by atoms with Gasteiger partial charge in [-0.05, 0) is 123 Å². The first-order chi connectivity index (χ1) is 26.9. The molecule has 55 heavy (non-hydrogen) atoms. The number of rotatable bonds is 3. The number of nitrogens with zero attached hydrogens (tertiary/aromatic N) is 1. The molecule has 0 saturated heterocycles. The molecule has 1 unspecified atom stereocenters. The first kappa shape index (κ1) is 31.7. The number of para-hydroxylation sites is 1. The van der Waals surface area contributed by atoms with Crippen molar-refractivity contribution in [1.82, 2.24) is 4.57 Å². The fraction of sp³-hybridized carbons (Fsp3) is 0.115. The molecular weight excluding hydrogens is 703 g/mol. The second-order valence-corrected chi connectivity index (χ2v) is 18.4. The number of allylic oxidation sites excluding steroid dienone is 4. The number of thioether (sulfide) groups is 1. The minimum atomic E-state index is -0.0626. The van der Waals surface area contributed by atoms with E-state index in [1.165, 1.54) is 108 Å². The molecule has 0 amide bonds. The smallest absolute Gasteiger partial charge is 0.0544 e. The Balaban J connectivity index is 1.03. The van der Waals surface area contributed by atoms with E-state index in [1.807, 2.05) is 23.1 Å². The SMILES string of the molecule is CC12CC=CC(c3ccc4sc5ccc(-c6ccc7c(c6)c6cc8c(cc6n7-c6ccccc6)C(C)(C)c6ccccc6-8)cc5c4c3)=C1Sc1ccccc12. The summed E-state index contributed by atoms with van der Waals surface area (Å²) >= 11 is 3.86. The fourth-order valence-corrected chi connectivity index (χ4v) is 12.6. The molecular formula is C52H37NS2. The summed E-state index contributed by atoms with van der Waals surface area (Å²) in [6, 6.07) is 55.1. The zero-order valence-corrected chi connectivity index (χ0v) is 32.6. The van der Waals surface area contributed by atoms with Crippen LogP contribution in [0.3, 0.4) is 0 Å². The average Bonchev–Trinajstić information content (AvgIpc) is 3.91. The predicted molar refractivity (Wildman–Crippen MR) is 237 cm³/mol. The van der Waals surface area contributed by atoms with Crippen LogP contribution in [-0.2, 0) is 10.8 Å². The molecule has 0 radical (unpaired) electrons. The van der Waals surface area contributed by atoms with E-state index in [0.29, 0.717) is 0 Å². The summed E-state index contributed by atoms with van der Waals surface area (Å²) in [5.41, 5.74) is 15.8. The quantitative estimate of drug-likeness (QED) is 0.175. The third-order valence-electron chi connectivity index (χ3n) is 12.8. The molecule has 0 bridgehead atoms. The third kappa shape index (κ3) is 4.37. The number of fused-ring (bicyclic) bond motifs is 12. The van der Waals surface area contributed by atoms with Gasteiger partial charge in [-0.1, -0.05) is 124 Å². The molecule has 7 aromatic carbocycles. The van der Waals surface area contributed by atoms with Crippen molar-refractivity contribution in [2.45, 2.75) is 42.9 Å². The van der Waals surface area contributed by atoms with Crippen molar-refractivity contribution in [1.29, 1.82) is 0 Å². The second kappa shape index (κ2) is 11.2.